The lowest BCUT2D eigenvalue weighted by Crippen LogP contribution is -2.26. The van der Waals surface area contributed by atoms with Crippen LogP contribution in [0.4, 0.5) is 0 Å². The van der Waals surface area contributed by atoms with E-state index in [0.29, 0.717) is 27.7 Å². The first-order valence-electron chi connectivity index (χ1n) is 13.8. The van der Waals surface area contributed by atoms with Gasteiger partial charge < -0.3 is 8.83 Å². The van der Waals surface area contributed by atoms with Crippen molar-refractivity contribution in [2.24, 2.45) is 0 Å². The molecule has 8 rings (SSSR count). The summed E-state index contributed by atoms with van der Waals surface area (Å²) in [6.07, 6.45) is 6.10. The maximum absolute atomic E-state index is 13.2. The van der Waals surface area contributed by atoms with Gasteiger partial charge in [-0.3, -0.25) is 9.36 Å². The lowest BCUT2D eigenvalue weighted by Gasteiger charge is -2.13. The zero-order valence-corrected chi connectivity index (χ0v) is 22.8. The Kier molecular flexibility index (Phi) is 5.28. The third-order valence-electron chi connectivity index (χ3n) is 7.92. The summed E-state index contributed by atoms with van der Waals surface area (Å²) in [6, 6.07) is 31.4. The van der Waals surface area contributed by atoms with Gasteiger partial charge in [-0.1, -0.05) is 79.4 Å². The number of furan rings is 1. The van der Waals surface area contributed by atoms with E-state index in [2.05, 4.69) is 41.5 Å². The Morgan fingerprint density at radius 3 is 2.29 bits per heavy atom. The highest BCUT2D eigenvalue weighted by atomic mass is 16.3. The van der Waals surface area contributed by atoms with E-state index in [-0.39, 0.29) is 5.43 Å². The lowest BCUT2D eigenvalue weighted by molar-refractivity contribution is 0.655. The third-order valence-corrected chi connectivity index (χ3v) is 7.92. The molecule has 200 valence electrons. The number of rotatable bonds is 3. The summed E-state index contributed by atoms with van der Waals surface area (Å²) in [6.45, 7) is 6.52. The van der Waals surface area contributed by atoms with Gasteiger partial charge in [-0.25, -0.2) is 0 Å². The van der Waals surface area contributed by atoms with E-state index in [9.17, 15) is 4.79 Å². The molecular weight excluding hydrogens is 520 g/mol. The average molecular weight is 545 g/mol. The molecular formula is C37H24N2O3. The van der Waals surface area contributed by atoms with Crippen molar-refractivity contribution in [1.82, 2.24) is 9.55 Å². The number of pyridine rings is 1. The van der Waals surface area contributed by atoms with Crippen molar-refractivity contribution in [1.29, 1.82) is 0 Å². The third kappa shape index (κ3) is 3.50. The summed E-state index contributed by atoms with van der Waals surface area (Å²) >= 11 is 0. The van der Waals surface area contributed by atoms with E-state index in [1.54, 1.807) is 6.07 Å². The van der Waals surface area contributed by atoms with Crippen LogP contribution in [0.5, 0.6) is 0 Å². The predicted molar refractivity (Wildman–Crippen MR) is 171 cm³/mol. The molecule has 5 heteroatoms. The maximum Gasteiger partial charge on any atom is 0.229 e. The fourth-order valence-electron chi connectivity index (χ4n) is 5.93. The normalized spacial score (nSPS) is 12.6. The molecule has 0 bridgehead atoms. The van der Waals surface area contributed by atoms with E-state index < -0.39 is 0 Å². The van der Waals surface area contributed by atoms with Crippen LogP contribution in [0.25, 0.3) is 84.5 Å². The van der Waals surface area contributed by atoms with Crippen LogP contribution in [0.15, 0.2) is 123 Å². The number of nitrogens with zero attached hydrogens (tertiary/aromatic N) is 2. The standard InChI is InChI=1S/C37H24N2O3/c1-3-4-11-24-22(2)39(36-29(24)21-30-26-13-6-9-16-32(26)42-37(30)38-36)31-15-8-5-12-25(31)23-18-19-28-34(20-23)41-33-17-10-7-14-27(33)35(28)40/h3-21H,2H2,1H3/b4-3-,24-11+. The van der Waals surface area contributed by atoms with Gasteiger partial charge in [-0.05, 0) is 55.0 Å². The topological polar surface area (TPSA) is 61.2 Å². The molecule has 4 aromatic heterocycles. The van der Waals surface area contributed by atoms with Crippen molar-refractivity contribution < 1.29 is 8.83 Å². The number of hydrogen-bond acceptors (Lipinski definition) is 4. The van der Waals surface area contributed by atoms with Crippen molar-refractivity contribution in [3.63, 3.8) is 0 Å². The molecule has 0 saturated heterocycles. The van der Waals surface area contributed by atoms with E-state index in [0.717, 1.165) is 54.8 Å². The minimum absolute atomic E-state index is 0.0358. The van der Waals surface area contributed by atoms with Crippen molar-refractivity contribution in [2.75, 3.05) is 0 Å². The molecule has 42 heavy (non-hydrogen) atoms. The minimum atomic E-state index is -0.0358. The Bertz CT molecular complexity index is 2580. The SMILES string of the molecule is C=c1/c(=C\C=C/C)c2cc3c(nc2n1-c1ccccc1-c1ccc2c(=O)c4ccccc4oc2c1)oc1ccccc13. The number of aromatic nitrogens is 2. The first kappa shape index (κ1) is 24.1. The maximum atomic E-state index is 13.2. The molecule has 0 saturated carbocycles. The quantitative estimate of drug-likeness (QED) is 0.215. The fourth-order valence-corrected chi connectivity index (χ4v) is 5.93. The first-order chi connectivity index (χ1) is 20.6. The highest BCUT2D eigenvalue weighted by Crippen LogP contribution is 2.33. The fraction of sp³-hybridized carbons (Fsp3) is 0.0270. The van der Waals surface area contributed by atoms with E-state index in [4.69, 9.17) is 13.8 Å². The van der Waals surface area contributed by atoms with E-state index in [1.807, 2.05) is 85.8 Å². The molecule has 4 heterocycles. The van der Waals surface area contributed by atoms with E-state index >= 15 is 0 Å². The molecule has 0 aliphatic rings. The molecule has 0 unspecified atom stereocenters. The molecule has 0 amide bonds. The second kappa shape index (κ2) is 9.18. The van der Waals surface area contributed by atoms with Crippen LogP contribution in [0.3, 0.4) is 0 Å². The van der Waals surface area contributed by atoms with Crippen molar-refractivity contribution >= 4 is 67.7 Å². The molecule has 0 aliphatic heterocycles. The Morgan fingerprint density at radius 2 is 1.45 bits per heavy atom. The first-order valence-corrected chi connectivity index (χ1v) is 13.8. The van der Waals surface area contributed by atoms with Crippen LogP contribution in [0.2, 0.25) is 0 Å². The largest absolute Gasteiger partial charge is 0.456 e. The summed E-state index contributed by atoms with van der Waals surface area (Å²) < 4.78 is 14.5. The zero-order valence-electron chi connectivity index (χ0n) is 22.8. The van der Waals surface area contributed by atoms with Gasteiger partial charge >= 0.3 is 0 Å². The monoisotopic (exact) mass is 544 g/mol. The zero-order chi connectivity index (χ0) is 28.4. The van der Waals surface area contributed by atoms with E-state index in [1.165, 1.54) is 0 Å². The molecule has 8 aromatic rings. The number of fused-ring (bicyclic) bond motifs is 6. The van der Waals surface area contributed by atoms with Crippen LogP contribution >= 0.6 is 0 Å². The molecule has 4 aromatic carbocycles. The molecule has 0 N–H and O–H groups in total. The predicted octanol–water partition coefficient (Wildman–Crippen LogP) is 7.62. The summed E-state index contributed by atoms with van der Waals surface area (Å²) in [5.41, 5.74) is 6.01. The summed E-state index contributed by atoms with van der Waals surface area (Å²) in [4.78, 5) is 18.2. The number of benzene rings is 4. The second-order valence-corrected chi connectivity index (χ2v) is 10.4. The number of allylic oxidation sites excluding steroid dienone is 2. The molecule has 5 nitrogen and oxygen atoms in total. The smallest absolute Gasteiger partial charge is 0.229 e. The van der Waals surface area contributed by atoms with Crippen LogP contribution in [0, 0.1) is 0 Å². The lowest BCUT2D eigenvalue weighted by atomic mass is 10.0. The highest BCUT2D eigenvalue weighted by Gasteiger charge is 2.18. The van der Waals surface area contributed by atoms with Crippen LogP contribution in [-0.4, -0.2) is 9.55 Å². The Labute approximate surface area is 239 Å². The summed E-state index contributed by atoms with van der Waals surface area (Å²) in [5, 5.41) is 5.93. The highest BCUT2D eigenvalue weighted by molar-refractivity contribution is 6.07. The Hall–Kier alpha value is -5.68. The van der Waals surface area contributed by atoms with Gasteiger partial charge in [0.1, 0.15) is 22.4 Å². The molecule has 0 atom stereocenters. The van der Waals surface area contributed by atoms with Gasteiger partial charge in [0, 0.05) is 32.3 Å². The summed E-state index contributed by atoms with van der Waals surface area (Å²) in [5.74, 6) is 0. The molecule has 0 spiro atoms. The van der Waals surface area contributed by atoms with Gasteiger partial charge in [0.05, 0.1) is 16.5 Å². The van der Waals surface area contributed by atoms with Gasteiger partial charge in [0.15, 0.2) is 0 Å². The minimum Gasteiger partial charge on any atom is -0.456 e. The Balaban J connectivity index is 1.43. The summed E-state index contributed by atoms with van der Waals surface area (Å²) in [7, 11) is 0. The number of para-hydroxylation sites is 3. The van der Waals surface area contributed by atoms with Crippen LogP contribution in [0.1, 0.15) is 6.92 Å². The van der Waals surface area contributed by atoms with Crippen molar-refractivity contribution in [2.45, 2.75) is 6.92 Å². The van der Waals surface area contributed by atoms with Crippen molar-refractivity contribution in [3.05, 3.63) is 130 Å². The van der Waals surface area contributed by atoms with Gasteiger partial charge in [-0.15, -0.1) is 0 Å². The Morgan fingerprint density at radius 1 is 0.738 bits per heavy atom. The second-order valence-electron chi connectivity index (χ2n) is 10.4. The van der Waals surface area contributed by atoms with Gasteiger partial charge in [0.2, 0.25) is 11.1 Å². The van der Waals surface area contributed by atoms with Crippen molar-refractivity contribution in [3.8, 4) is 16.8 Å². The van der Waals surface area contributed by atoms with Gasteiger partial charge in [0.25, 0.3) is 0 Å². The number of hydrogen-bond donors (Lipinski definition) is 0. The van der Waals surface area contributed by atoms with Gasteiger partial charge in [-0.2, -0.15) is 4.98 Å². The van der Waals surface area contributed by atoms with Crippen LogP contribution < -0.4 is 16.0 Å². The molecule has 0 aliphatic carbocycles. The molecule has 0 fully saturated rings. The molecule has 0 radical (unpaired) electrons. The van der Waals surface area contributed by atoms with Crippen LogP contribution in [-0.2, 0) is 0 Å². The average Bonchev–Trinajstić information content (AvgIpc) is 3.52.